The van der Waals surface area contributed by atoms with E-state index in [1.165, 1.54) is 32.4 Å². The molecule has 1 atom stereocenters. The average Bonchev–Trinajstić information content (AvgIpc) is 2.96. The van der Waals surface area contributed by atoms with Crippen LogP contribution in [0.4, 0.5) is 0 Å². The van der Waals surface area contributed by atoms with Crippen molar-refractivity contribution in [1.29, 1.82) is 0 Å². The van der Waals surface area contributed by atoms with Crippen LogP contribution in [0.1, 0.15) is 30.8 Å². The van der Waals surface area contributed by atoms with E-state index in [2.05, 4.69) is 9.80 Å². The molecule has 0 spiro atoms. The molecular formula is C14H22N2O2. The second kappa shape index (κ2) is 5.43. The molecule has 100 valence electrons. The Morgan fingerprint density at radius 2 is 2.00 bits per heavy atom. The van der Waals surface area contributed by atoms with Gasteiger partial charge in [0.2, 0.25) is 0 Å². The summed E-state index contributed by atoms with van der Waals surface area (Å²) in [5, 5.41) is 9.01. The van der Waals surface area contributed by atoms with Crippen LogP contribution < -0.4 is 0 Å². The number of furan rings is 1. The van der Waals surface area contributed by atoms with E-state index in [-0.39, 0.29) is 6.61 Å². The van der Waals surface area contributed by atoms with E-state index in [4.69, 9.17) is 9.52 Å². The van der Waals surface area contributed by atoms with Gasteiger partial charge in [0.1, 0.15) is 18.1 Å². The zero-order valence-corrected chi connectivity index (χ0v) is 10.8. The number of hydrogen-bond acceptors (Lipinski definition) is 4. The van der Waals surface area contributed by atoms with Crippen molar-refractivity contribution >= 4 is 0 Å². The fourth-order valence-corrected chi connectivity index (χ4v) is 3.24. The number of hydrogen-bond donors (Lipinski definition) is 1. The Bertz CT molecular complexity index is 391. The molecule has 2 saturated heterocycles. The van der Waals surface area contributed by atoms with Crippen LogP contribution in [0, 0.1) is 0 Å². The molecule has 3 heterocycles. The maximum atomic E-state index is 9.01. The van der Waals surface area contributed by atoms with Crippen molar-refractivity contribution in [3.8, 4) is 0 Å². The van der Waals surface area contributed by atoms with Gasteiger partial charge in [-0.1, -0.05) is 0 Å². The van der Waals surface area contributed by atoms with Gasteiger partial charge in [0.25, 0.3) is 0 Å². The van der Waals surface area contributed by atoms with Gasteiger partial charge in [-0.2, -0.15) is 0 Å². The molecule has 0 bridgehead atoms. The third-order valence-corrected chi connectivity index (χ3v) is 4.14. The molecule has 2 aliphatic heterocycles. The van der Waals surface area contributed by atoms with Crippen molar-refractivity contribution in [2.45, 2.75) is 38.5 Å². The largest absolute Gasteiger partial charge is 0.462 e. The minimum Gasteiger partial charge on any atom is -0.462 e. The number of aliphatic hydroxyl groups is 1. The van der Waals surface area contributed by atoms with Gasteiger partial charge < -0.3 is 9.52 Å². The molecule has 1 unspecified atom stereocenters. The van der Waals surface area contributed by atoms with Crippen LogP contribution in [0.15, 0.2) is 16.5 Å². The molecule has 4 nitrogen and oxygen atoms in total. The van der Waals surface area contributed by atoms with E-state index in [9.17, 15) is 0 Å². The van der Waals surface area contributed by atoms with Crippen LogP contribution in [0.2, 0.25) is 0 Å². The molecule has 18 heavy (non-hydrogen) atoms. The van der Waals surface area contributed by atoms with Crippen molar-refractivity contribution in [3.05, 3.63) is 23.7 Å². The minimum absolute atomic E-state index is 0.00357. The molecular weight excluding hydrogens is 228 g/mol. The highest BCUT2D eigenvalue weighted by molar-refractivity contribution is 5.06. The van der Waals surface area contributed by atoms with Crippen LogP contribution in [-0.4, -0.2) is 47.1 Å². The lowest BCUT2D eigenvalue weighted by Gasteiger charge is -2.24. The van der Waals surface area contributed by atoms with Gasteiger partial charge >= 0.3 is 0 Å². The van der Waals surface area contributed by atoms with E-state index >= 15 is 0 Å². The van der Waals surface area contributed by atoms with E-state index < -0.39 is 0 Å². The molecule has 1 aromatic heterocycles. The normalized spacial score (nSPS) is 26.2. The lowest BCUT2D eigenvalue weighted by Crippen LogP contribution is -2.36. The number of nitrogens with zero attached hydrogens (tertiary/aromatic N) is 2. The summed E-state index contributed by atoms with van der Waals surface area (Å²) in [7, 11) is 0. The topological polar surface area (TPSA) is 39.9 Å². The monoisotopic (exact) mass is 250 g/mol. The summed E-state index contributed by atoms with van der Waals surface area (Å²) in [6.45, 7) is 5.73. The molecule has 0 aliphatic carbocycles. The zero-order chi connectivity index (χ0) is 12.4. The summed E-state index contributed by atoms with van der Waals surface area (Å²) in [6, 6.07) is 4.61. The summed E-state index contributed by atoms with van der Waals surface area (Å²) in [6.07, 6.45) is 3.95. The third-order valence-electron chi connectivity index (χ3n) is 4.14. The van der Waals surface area contributed by atoms with Gasteiger partial charge in [-0.05, 0) is 51.0 Å². The Morgan fingerprint density at radius 3 is 2.83 bits per heavy atom. The molecule has 2 aliphatic rings. The molecule has 0 saturated carbocycles. The second-order valence-electron chi connectivity index (χ2n) is 5.45. The van der Waals surface area contributed by atoms with Crippen molar-refractivity contribution in [2.75, 3.05) is 26.2 Å². The fraction of sp³-hybridized carbons (Fsp3) is 0.714. The van der Waals surface area contributed by atoms with Gasteiger partial charge in [-0.15, -0.1) is 0 Å². The molecule has 2 fully saturated rings. The Kier molecular flexibility index (Phi) is 3.68. The Labute approximate surface area is 108 Å². The molecule has 0 aromatic carbocycles. The highest BCUT2D eigenvalue weighted by atomic mass is 16.4. The molecule has 1 N–H and O–H groups in total. The predicted molar refractivity (Wildman–Crippen MR) is 69.1 cm³/mol. The van der Waals surface area contributed by atoms with Crippen molar-refractivity contribution in [3.63, 3.8) is 0 Å². The van der Waals surface area contributed by atoms with E-state index in [0.717, 1.165) is 31.4 Å². The standard InChI is InChI=1S/C14H22N2O2/c17-11-14-5-4-13(18-14)10-15-6-2-8-16-7-1-3-12(16)9-15/h4-5,12,17H,1-3,6-11H2. The van der Waals surface area contributed by atoms with Crippen LogP contribution >= 0.6 is 0 Å². The summed E-state index contributed by atoms with van der Waals surface area (Å²) in [4.78, 5) is 5.14. The summed E-state index contributed by atoms with van der Waals surface area (Å²) in [5.74, 6) is 1.65. The van der Waals surface area contributed by atoms with Crippen LogP contribution in [-0.2, 0) is 13.2 Å². The first-order valence-electron chi connectivity index (χ1n) is 7.00. The van der Waals surface area contributed by atoms with Gasteiger partial charge in [0.15, 0.2) is 0 Å². The zero-order valence-electron chi connectivity index (χ0n) is 10.8. The molecule has 3 rings (SSSR count). The second-order valence-corrected chi connectivity index (χ2v) is 5.45. The van der Waals surface area contributed by atoms with E-state index in [1.807, 2.05) is 12.1 Å². The molecule has 1 aromatic rings. The first-order valence-corrected chi connectivity index (χ1v) is 7.00. The summed E-state index contributed by atoms with van der Waals surface area (Å²) < 4.78 is 5.58. The number of rotatable bonds is 3. The van der Waals surface area contributed by atoms with Crippen LogP contribution in [0.5, 0.6) is 0 Å². The van der Waals surface area contributed by atoms with Crippen molar-refractivity contribution in [2.24, 2.45) is 0 Å². The third kappa shape index (κ3) is 2.60. The number of aliphatic hydroxyl groups excluding tert-OH is 1. The quantitative estimate of drug-likeness (QED) is 0.881. The Morgan fingerprint density at radius 1 is 1.17 bits per heavy atom. The van der Waals surface area contributed by atoms with Gasteiger partial charge in [-0.25, -0.2) is 0 Å². The lowest BCUT2D eigenvalue weighted by atomic mass is 10.2. The van der Waals surface area contributed by atoms with Crippen LogP contribution in [0.25, 0.3) is 0 Å². The highest BCUT2D eigenvalue weighted by Crippen LogP contribution is 2.22. The van der Waals surface area contributed by atoms with E-state index in [0.29, 0.717) is 5.76 Å². The van der Waals surface area contributed by atoms with E-state index in [1.54, 1.807) is 0 Å². The Hall–Kier alpha value is -0.840. The van der Waals surface area contributed by atoms with Crippen molar-refractivity contribution in [1.82, 2.24) is 9.80 Å². The lowest BCUT2D eigenvalue weighted by molar-refractivity contribution is 0.197. The molecule has 0 radical (unpaired) electrons. The highest BCUT2D eigenvalue weighted by Gasteiger charge is 2.28. The van der Waals surface area contributed by atoms with Crippen molar-refractivity contribution < 1.29 is 9.52 Å². The predicted octanol–water partition coefficient (Wildman–Crippen LogP) is 1.44. The maximum Gasteiger partial charge on any atom is 0.129 e. The number of fused-ring (bicyclic) bond motifs is 1. The fourth-order valence-electron chi connectivity index (χ4n) is 3.24. The minimum atomic E-state index is -0.00357. The first kappa shape index (κ1) is 12.2. The van der Waals surface area contributed by atoms with Crippen LogP contribution in [0.3, 0.4) is 0 Å². The van der Waals surface area contributed by atoms with Gasteiger partial charge in [0.05, 0.1) is 6.54 Å². The molecule has 4 heteroatoms. The SMILES string of the molecule is OCc1ccc(CN2CCCN3CCCC3C2)o1. The maximum absolute atomic E-state index is 9.01. The molecule has 0 amide bonds. The van der Waals surface area contributed by atoms with Gasteiger partial charge in [0, 0.05) is 12.6 Å². The first-order chi connectivity index (χ1) is 8.85. The summed E-state index contributed by atoms with van der Waals surface area (Å²) in [5.41, 5.74) is 0. The summed E-state index contributed by atoms with van der Waals surface area (Å²) >= 11 is 0. The average molecular weight is 250 g/mol. The van der Waals surface area contributed by atoms with Gasteiger partial charge in [-0.3, -0.25) is 9.80 Å². The smallest absolute Gasteiger partial charge is 0.129 e. The Balaban J connectivity index is 1.61.